The van der Waals surface area contributed by atoms with Gasteiger partial charge in [-0.1, -0.05) is 0 Å². The quantitative estimate of drug-likeness (QED) is 0.855. The predicted octanol–water partition coefficient (Wildman–Crippen LogP) is 3.09. The van der Waals surface area contributed by atoms with Crippen LogP contribution in [0.15, 0.2) is 22.7 Å². The van der Waals surface area contributed by atoms with E-state index in [9.17, 15) is 4.79 Å². The molecule has 2 N–H and O–H groups in total. The first-order valence-corrected chi connectivity index (χ1v) is 7.74. The summed E-state index contributed by atoms with van der Waals surface area (Å²) >= 11 is 3.50. The van der Waals surface area contributed by atoms with Gasteiger partial charge in [0, 0.05) is 11.0 Å². The third-order valence-corrected chi connectivity index (χ3v) is 4.72. The zero-order chi connectivity index (χ0) is 15.3. The Bertz CT molecular complexity index is 767. The van der Waals surface area contributed by atoms with Gasteiger partial charge in [0.1, 0.15) is 5.69 Å². The average molecular weight is 365 g/mol. The van der Waals surface area contributed by atoms with Crippen molar-refractivity contribution >= 4 is 21.9 Å². The Hall–Kier alpha value is -2.02. The van der Waals surface area contributed by atoms with Crippen LogP contribution in [0.1, 0.15) is 23.3 Å². The lowest BCUT2D eigenvalue weighted by molar-refractivity contribution is 0.0690. The minimum atomic E-state index is -1.04. The number of H-pyrrole nitrogens is 1. The molecule has 0 saturated heterocycles. The van der Waals surface area contributed by atoms with Gasteiger partial charge in [-0.05, 0) is 47.0 Å². The van der Waals surface area contributed by atoms with Gasteiger partial charge in [-0.3, -0.25) is 5.10 Å². The average Bonchev–Trinajstić information content (AvgIpc) is 3.13. The van der Waals surface area contributed by atoms with Gasteiger partial charge < -0.3 is 14.6 Å². The van der Waals surface area contributed by atoms with E-state index in [1.54, 1.807) is 0 Å². The second kappa shape index (κ2) is 4.74. The number of nitrogens with one attached hydrogen (secondary N) is 1. The van der Waals surface area contributed by atoms with E-state index in [4.69, 9.17) is 14.6 Å². The van der Waals surface area contributed by atoms with E-state index in [2.05, 4.69) is 26.1 Å². The smallest absolute Gasteiger partial charge is 0.353 e. The molecule has 1 fully saturated rings. The fourth-order valence-corrected chi connectivity index (χ4v) is 3.06. The van der Waals surface area contributed by atoms with Gasteiger partial charge in [0.25, 0.3) is 0 Å². The van der Waals surface area contributed by atoms with Crippen molar-refractivity contribution in [3.8, 4) is 22.8 Å². The van der Waals surface area contributed by atoms with Gasteiger partial charge in [0.05, 0.1) is 23.4 Å². The second-order valence-electron chi connectivity index (χ2n) is 5.83. The van der Waals surface area contributed by atoms with Crippen LogP contribution in [0.2, 0.25) is 0 Å². The molecule has 6 nitrogen and oxygen atoms in total. The Labute approximate surface area is 134 Å². The first kappa shape index (κ1) is 13.6. The van der Waals surface area contributed by atoms with Crippen molar-refractivity contribution in [2.24, 2.45) is 5.41 Å². The van der Waals surface area contributed by atoms with Crippen LogP contribution in [-0.4, -0.2) is 34.5 Å². The van der Waals surface area contributed by atoms with Crippen molar-refractivity contribution in [2.75, 3.05) is 13.2 Å². The Morgan fingerprint density at radius 1 is 1.27 bits per heavy atom. The number of aromatic nitrogens is 2. The standard InChI is InChI=1S/C15H13BrN2O4/c16-9-3-8(10-5-11(14(19)20)18-17-10)4-12-13(9)22-7-15(1-2-15)6-21-12/h3-5H,1-2,6-7H2,(H,17,18)(H,19,20). The first-order valence-electron chi connectivity index (χ1n) is 6.95. The fourth-order valence-electron chi connectivity index (χ4n) is 2.51. The summed E-state index contributed by atoms with van der Waals surface area (Å²) in [4.78, 5) is 10.9. The molecule has 1 saturated carbocycles. The maximum atomic E-state index is 10.9. The summed E-state index contributed by atoms with van der Waals surface area (Å²) < 4.78 is 12.6. The molecule has 2 aromatic rings. The summed E-state index contributed by atoms with van der Waals surface area (Å²) in [6, 6.07) is 5.19. The van der Waals surface area contributed by atoms with Gasteiger partial charge in [-0.25, -0.2) is 4.79 Å². The van der Waals surface area contributed by atoms with E-state index in [0.29, 0.717) is 30.4 Å². The van der Waals surface area contributed by atoms with E-state index < -0.39 is 5.97 Å². The number of aromatic amines is 1. The van der Waals surface area contributed by atoms with Crippen molar-refractivity contribution in [2.45, 2.75) is 12.8 Å². The molecule has 22 heavy (non-hydrogen) atoms. The monoisotopic (exact) mass is 364 g/mol. The molecule has 1 spiro atoms. The van der Waals surface area contributed by atoms with E-state index in [1.165, 1.54) is 6.07 Å². The number of halogens is 1. The highest BCUT2D eigenvalue weighted by molar-refractivity contribution is 9.10. The molecule has 0 unspecified atom stereocenters. The number of carboxylic acids is 1. The number of carbonyl (C=O) groups is 1. The Balaban J connectivity index is 1.71. The molecule has 114 valence electrons. The molecular weight excluding hydrogens is 352 g/mol. The van der Waals surface area contributed by atoms with Crippen molar-refractivity contribution in [3.63, 3.8) is 0 Å². The van der Waals surface area contributed by atoms with Crippen molar-refractivity contribution in [1.82, 2.24) is 10.2 Å². The molecule has 0 amide bonds. The van der Waals surface area contributed by atoms with Crippen molar-refractivity contribution in [3.05, 3.63) is 28.4 Å². The molecule has 1 aliphatic heterocycles. The normalized spacial score (nSPS) is 18.0. The highest BCUT2D eigenvalue weighted by Gasteiger charge is 2.46. The summed E-state index contributed by atoms with van der Waals surface area (Å²) in [5.41, 5.74) is 1.54. The topological polar surface area (TPSA) is 84.4 Å². The van der Waals surface area contributed by atoms with Crippen LogP contribution in [0, 0.1) is 5.41 Å². The van der Waals surface area contributed by atoms with Crippen LogP contribution in [-0.2, 0) is 0 Å². The van der Waals surface area contributed by atoms with Gasteiger partial charge in [0.15, 0.2) is 11.5 Å². The largest absolute Gasteiger partial charge is 0.489 e. The number of hydrogen-bond donors (Lipinski definition) is 2. The van der Waals surface area contributed by atoms with Gasteiger partial charge in [-0.15, -0.1) is 0 Å². The third-order valence-electron chi connectivity index (χ3n) is 4.13. The van der Waals surface area contributed by atoms with Crippen LogP contribution in [0.25, 0.3) is 11.3 Å². The van der Waals surface area contributed by atoms with E-state index in [-0.39, 0.29) is 11.1 Å². The third kappa shape index (κ3) is 2.25. The van der Waals surface area contributed by atoms with Gasteiger partial charge in [-0.2, -0.15) is 5.10 Å². The van der Waals surface area contributed by atoms with Gasteiger partial charge in [0.2, 0.25) is 0 Å². The number of carboxylic acid groups (broad SMARTS) is 1. The molecule has 1 aromatic carbocycles. The van der Waals surface area contributed by atoms with Crippen molar-refractivity contribution in [1.29, 1.82) is 0 Å². The maximum absolute atomic E-state index is 10.9. The molecular formula is C15H13BrN2O4. The summed E-state index contributed by atoms with van der Waals surface area (Å²) in [5, 5.41) is 15.5. The minimum absolute atomic E-state index is 0.0511. The molecule has 4 rings (SSSR count). The lowest BCUT2D eigenvalue weighted by Crippen LogP contribution is -2.17. The molecule has 1 aliphatic carbocycles. The van der Waals surface area contributed by atoms with E-state index in [1.807, 2.05) is 12.1 Å². The number of aromatic carboxylic acids is 1. The molecule has 0 atom stereocenters. The van der Waals surface area contributed by atoms with E-state index >= 15 is 0 Å². The SMILES string of the molecule is O=C(O)c1cc(-c2cc(Br)c3c(c2)OCC2(CC2)CO3)n[nH]1. The maximum Gasteiger partial charge on any atom is 0.353 e. The summed E-state index contributed by atoms with van der Waals surface area (Å²) in [7, 11) is 0. The van der Waals surface area contributed by atoms with Crippen LogP contribution < -0.4 is 9.47 Å². The summed E-state index contributed by atoms with van der Waals surface area (Å²) in [6.45, 7) is 1.32. The zero-order valence-electron chi connectivity index (χ0n) is 11.6. The number of benzene rings is 1. The van der Waals surface area contributed by atoms with Gasteiger partial charge >= 0.3 is 5.97 Å². The fraction of sp³-hybridized carbons (Fsp3) is 0.333. The second-order valence-corrected chi connectivity index (χ2v) is 6.69. The summed E-state index contributed by atoms with van der Waals surface area (Å²) in [6.07, 6.45) is 2.26. The number of ether oxygens (including phenoxy) is 2. The number of rotatable bonds is 2. The Kier molecular flexibility index (Phi) is 2.94. The Morgan fingerprint density at radius 2 is 2.05 bits per heavy atom. The van der Waals surface area contributed by atoms with Crippen LogP contribution in [0.3, 0.4) is 0 Å². The number of fused-ring (bicyclic) bond motifs is 1. The number of hydrogen-bond acceptors (Lipinski definition) is 4. The minimum Gasteiger partial charge on any atom is -0.489 e. The van der Waals surface area contributed by atoms with E-state index in [0.717, 1.165) is 22.9 Å². The molecule has 0 radical (unpaired) electrons. The van der Waals surface area contributed by atoms with Crippen molar-refractivity contribution < 1.29 is 19.4 Å². The summed E-state index contributed by atoms with van der Waals surface area (Å²) in [5.74, 6) is 0.317. The molecule has 2 aliphatic rings. The molecule has 2 heterocycles. The molecule has 0 bridgehead atoms. The predicted molar refractivity (Wildman–Crippen MR) is 81.3 cm³/mol. The molecule has 1 aromatic heterocycles. The Morgan fingerprint density at radius 3 is 2.73 bits per heavy atom. The zero-order valence-corrected chi connectivity index (χ0v) is 13.1. The number of nitrogens with zero attached hydrogens (tertiary/aromatic N) is 1. The molecule has 7 heteroatoms. The van der Waals surface area contributed by atoms with Crippen LogP contribution in [0.4, 0.5) is 0 Å². The van der Waals surface area contributed by atoms with Crippen LogP contribution >= 0.6 is 15.9 Å². The highest BCUT2D eigenvalue weighted by atomic mass is 79.9. The highest BCUT2D eigenvalue weighted by Crippen LogP contribution is 2.51. The first-order chi connectivity index (χ1) is 10.6. The lowest BCUT2D eigenvalue weighted by Gasteiger charge is -2.10. The lowest BCUT2D eigenvalue weighted by atomic mass is 10.1. The van der Waals surface area contributed by atoms with Crippen LogP contribution in [0.5, 0.6) is 11.5 Å².